The van der Waals surface area contributed by atoms with Crippen LogP contribution in [0, 0.1) is 23.7 Å². The Bertz CT molecular complexity index is 514. The second-order valence-electron chi connectivity index (χ2n) is 6.49. The summed E-state index contributed by atoms with van der Waals surface area (Å²) in [5.41, 5.74) is 2.16. The molecule has 1 aliphatic heterocycles. The zero-order valence-electron chi connectivity index (χ0n) is 12.4. The van der Waals surface area contributed by atoms with Crippen LogP contribution in [0.3, 0.4) is 0 Å². The quantitative estimate of drug-likeness (QED) is 0.778. The van der Waals surface area contributed by atoms with Crippen LogP contribution >= 0.6 is 0 Å². The number of piperidine rings is 1. The molecule has 1 aromatic heterocycles. The molecular formula is C17H23N3. The van der Waals surface area contributed by atoms with E-state index in [1.165, 1.54) is 44.9 Å². The van der Waals surface area contributed by atoms with Gasteiger partial charge in [0.2, 0.25) is 0 Å². The highest BCUT2D eigenvalue weighted by Crippen LogP contribution is 2.44. The van der Waals surface area contributed by atoms with E-state index >= 15 is 0 Å². The first-order valence-corrected chi connectivity index (χ1v) is 7.85. The van der Waals surface area contributed by atoms with Crippen LogP contribution in [-0.4, -0.2) is 18.1 Å². The number of aromatic nitrogens is 1. The van der Waals surface area contributed by atoms with E-state index in [0.29, 0.717) is 11.1 Å². The van der Waals surface area contributed by atoms with Gasteiger partial charge in [-0.05, 0) is 49.7 Å². The zero-order valence-corrected chi connectivity index (χ0v) is 12.4. The van der Waals surface area contributed by atoms with Gasteiger partial charge in [0.15, 0.2) is 0 Å². The second kappa shape index (κ2) is 5.44. The van der Waals surface area contributed by atoms with E-state index in [2.05, 4.69) is 22.0 Å². The van der Waals surface area contributed by atoms with Crippen LogP contribution in [0.4, 0.5) is 5.82 Å². The van der Waals surface area contributed by atoms with Crippen LogP contribution < -0.4 is 4.90 Å². The van der Waals surface area contributed by atoms with E-state index in [-0.39, 0.29) is 0 Å². The molecule has 0 aromatic carbocycles. The van der Waals surface area contributed by atoms with Gasteiger partial charge in [-0.15, -0.1) is 0 Å². The first kappa shape index (κ1) is 13.4. The maximum atomic E-state index is 9.11. The van der Waals surface area contributed by atoms with Gasteiger partial charge in [-0.1, -0.05) is 25.3 Å². The zero-order chi connectivity index (χ0) is 14.0. The van der Waals surface area contributed by atoms with E-state index in [9.17, 15) is 0 Å². The molecule has 1 spiro atoms. The topological polar surface area (TPSA) is 39.9 Å². The Balaban J connectivity index is 1.70. The van der Waals surface area contributed by atoms with E-state index in [1.807, 2.05) is 13.0 Å². The predicted molar refractivity (Wildman–Crippen MR) is 80.7 cm³/mol. The first-order valence-electron chi connectivity index (χ1n) is 7.85. The van der Waals surface area contributed by atoms with Gasteiger partial charge in [0.25, 0.3) is 0 Å². The highest BCUT2D eigenvalue weighted by molar-refractivity contribution is 5.45. The molecule has 0 bridgehead atoms. The lowest BCUT2D eigenvalue weighted by molar-refractivity contribution is 0.144. The van der Waals surface area contributed by atoms with Crippen molar-refractivity contribution in [2.45, 2.75) is 51.9 Å². The first-order chi connectivity index (χ1) is 9.72. The normalized spacial score (nSPS) is 21.7. The summed E-state index contributed by atoms with van der Waals surface area (Å²) in [4.78, 5) is 6.87. The minimum Gasteiger partial charge on any atom is -0.357 e. The standard InChI is InChI=1S/C17H23N3/c1-14-5-6-16(19-15(14)13-18)20-11-9-17(10-12-20)7-3-2-4-8-17/h5-6H,2-4,7-12H2,1H3. The van der Waals surface area contributed by atoms with Crippen molar-refractivity contribution in [1.29, 1.82) is 5.26 Å². The average molecular weight is 269 g/mol. The molecule has 1 aliphatic carbocycles. The van der Waals surface area contributed by atoms with Gasteiger partial charge in [-0.25, -0.2) is 4.98 Å². The summed E-state index contributed by atoms with van der Waals surface area (Å²) in [6, 6.07) is 6.28. The van der Waals surface area contributed by atoms with Crippen LogP contribution in [-0.2, 0) is 0 Å². The molecule has 1 saturated carbocycles. The van der Waals surface area contributed by atoms with Crippen LogP contribution in [0.15, 0.2) is 12.1 Å². The summed E-state index contributed by atoms with van der Waals surface area (Å²) >= 11 is 0. The molecule has 0 unspecified atom stereocenters. The number of nitrogens with zero attached hydrogens (tertiary/aromatic N) is 3. The molecule has 1 aromatic rings. The minimum absolute atomic E-state index is 0.570. The number of hydrogen-bond donors (Lipinski definition) is 0. The summed E-state index contributed by atoms with van der Waals surface area (Å²) in [6.07, 6.45) is 9.70. The van der Waals surface area contributed by atoms with Crippen molar-refractivity contribution in [3.63, 3.8) is 0 Å². The molecule has 2 aliphatic rings. The van der Waals surface area contributed by atoms with Crippen molar-refractivity contribution in [2.24, 2.45) is 5.41 Å². The number of aryl methyl sites for hydroxylation is 1. The molecule has 1 saturated heterocycles. The van der Waals surface area contributed by atoms with Crippen molar-refractivity contribution in [3.8, 4) is 6.07 Å². The Labute approximate surface area is 121 Å². The van der Waals surface area contributed by atoms with Crippen LogP contribution in [0.5, 0.6) is 0 Å². The highest BCUT2D eigenvalue weighted by atomic mass is 15.2. The molecule has 0 amide bonds. The van der Waals surface area contributed by atoms with E-state index in [0.717, 1.165) is 24.5 Å². The van der Waals surface area contributed by atoms with Gasteiger partial charge in [0, 0.05) is 13.1 Å². The Kier molecular flexibility index (Phi) is 3.65. The molecule has 0 N–H and O–H groups in total. The van der Waals surface area contributed by atoms with Crippen molar-refractivity contribution in [3.05, 3.63) is 23.4 Å². The van der Waals surface area contributed by atoms with Crippen molar-refractivity contribution >= 4 is 5.82 Å². The van der Waals surface area contributed by atoms with Crippen LogP contribution in [0.2, 0.25) is 0 Å². The lowest BCUT2D eigenvalue weighted by atomic mass is 9.68. The molecule has 3 rings (SSSR count). The number of rotatable bonds is 1. The van der Waals surface area contributed by atoms with E-state index in [4.69, 9.17) is 5.26 Å². The summed E-state index contributed by atoms with van der Waals surface area (Å²) in [6.45, 7) is 4.14. The number of nitriles is 1. The van der Waals surface area contributed by atoms with Gasteiger partial charge in [-0.3, -0.25) is 0 Å². The third kappa shape index (κ3) is 2.52. The Morgan fingerprint density at radius 1 is 1.10 bits per heavy atom. The summed E-state index contributed by atoms with van der Waals surface area (Å²) < 4.78 is 0. The smallest absolute Gasteiger partial charge is 0.145 e. The predicted octanol–water partition coefficient (Wildman–Crippen LogP) is 3.81. The lowest BCUT2D eigenvalue weighted by Gasteiger charge is -2.44. The number of anilines is 1. The third-order valence-corrected chi connectivity index (χ3v) is 5.25. The maximum absolute atomic E-state index is 9.11. The molecule has 2 heterocycles. The largest absolute Gasteiger partial charge is 0.357 e. The van der Waals surface area contributed by atoms with Gasteiger partial charge in [-0.2, -0.15) is 5.26 Å². The van der Waals surface area contributed by atoms with Gasteiger partial charge in [0.05, 0.1) is 0 Å². The number of hydrogen-bond acceptors (Lipinski definition) is 3. The monoisotopic (exact) mass is 269 g/mol. The van der Waals surface area contributed by atoms with Gasteiger partial charge < -0.3 is 4.90 Å². The van der Waals surface area contributed by atoms with Gasteiger partial charge >= 0.3 is 0 Å². The fraction of sp³-hybridized carbons (Fsp3) is 0.647. The summed E-state index contributed by atoms with van der Waals surface area (Å²) in [5, 5.41) is 9.11. The minimum atomic E-state index is 0.570. The molecule has 20 heavy (non-hydrogen) atoms. The fourth-order valence-electron chi connectivity index (χ4n) is 3.82. The van der Waals surface area contributed by atoms with Gasteiger partial charge in [0.1, 0.15) is 17.6 Å². The Hall–Kier alpha value is -1.56. The van der Waals surface area contributed by atoms with E-state index < -0.39 is 0 Å². The Morgan fingerprint density at radius 3 is 2.45 bits per heavy atom. The third-order valence-electron chi connectivity index (χ3n) is 5.25. The maximum Gasteiger partial charge on any atom is 0.145 e. The summed E-state index contributed by atoms with van der Waals surface area (Å²) in [5.74, 6) is 0.984. The Morgan fingerprint density at radius 2 is 1.80 bits per heavy atom. The molecule has 3 nitrogen and oxygen atoms in total. The molecule has 0 atom stereocenters. The summed E-state index contributed by atoms with van der Waals surface area (Å²) in [7, 11) is 0. The van der Waals surface area contributed by atoms with Crippen molar-refractivity contribution in [2.75, 3.05) is 18.0 Å². The van der Waals surface area contributed by atoms with Crippen LogP contribution in [0.1, 0.15) is 56.2 Å². The number of pyridine rings is 1. The van der Waals surface area contributed by atoms with Crippen molar-refractivity contribution in [1.82, 2.24) is 4.98 Å². The molecule has 3 heteroatoms. The molecule has 106 valence electrons. The molecule has 2 fully saturated rings. The molecular weight excluding hydrogens is 246 g/mol. The van der Waals surface area contributed by atoms with E-state index in [1.54, 1.807) is 0 Å². The van der Waals surface area contributed by atoms with Crippen LogP contribution in [0.25, 0.3) is 0 Å². The fourth-order valence-corrected chi connectivity index (χ4v) is 3.82. The van der Waals surface area contributed by atoms with Crippen molar-refractivity contribution < 1.29 is 0 Å². The average Bonchev–Trinajstić information content (AvgIpc) is 2.50. The SMILES string of the molecule is Cc1ccc(N2CCC3(CCCCC3)CC2)nc1C#N. The highest BCUT2D eigenvalue weighted by Gasteiger charge is 2.35. The second-order valence-corrected chi connectivity index (χ2v) is 6.49. The lowest BCUT2D eigenvalue weighted by Crippen LogP contribution is -2.41. The molecule has 0 radical (unpaired) electrons.